The number of nitrogens with one attached hydrogen (secondary N) is 1. The summed E-state index contributed by atoms with van der Waals surface area (Å²) in [6.07, 6.45) is 3.30. The summed E-state index contributed by atoms with van der Waals surface area (Å²) in [5.74, 6) is 0.261. The number of nitrogens with zero attached hydrogens (tertiary/aromatic N) is 1. The van der Waals surface area contributed by atoms with Crippen molar-refractivity contribution in [2.45, 2.75) is 38.6 Å². The fourth-order valence-electron chi connectivity index (χ4n) is 2.09. The molecule has 1 fully saturated rings. The maximum absolute atomic E-state index is 11.0. The Morgan fingerprint density at radius 1 is 1.41 bits per heavy atom. The molecule has 5 nitrogen and oxygen atoms in total. The van der Waals surface area contributed by atoms with Crippen LogP contribution in [0.3, 0.4) is 0 Å². The monoisotopic (exact) mass is 242 g/mol. The van der Waals surface area contributed by atoms with E-state index >= 15 is 0 Å². The van der Waals surface area contributed by atoms with E-state index in [1.807, 2.05) is 0 Å². The predicted octanol–water partition coefficient (Wildman–Crippen LogP) is 1.18. The summed E-state index contributed by atoms with van der Waals surface area (Å²) in [6.45, 7) is 4.53. The van der Waals surface area contributed by atoms with E-state index in [1.165, 1.54) is 7.11 Å². The zero-order valence-electron chi connectivity index (χ0n) is 10.7. The molecule has 0 aliphatic carbocycles. The van der Waals surface area contributed by atoms with E-state index in [0.29, 0.717) is 6.42 Å². The molecule has 1 aliphatic rings. The number of ketones is 1. The Labute approximate surface area is 102 Å². The molecule has 1 rings (SSSR count). The summed E-state index contributed by atoms with van der Waals surface area (Å²) >= 11 is 0. The lowest BCUT2D eigenvalue weighted by Crippen LogP contribution is -2.37. The molecule has 1 atom stereocenters. The predicted molar refractivity (Wildman–Crippen MR) is 64.9 cm³/mol. The van der Waals surface area contributed by atoms with Crippen LogP contribution < -0.4 is 5.32 Å². The van der Waals surface area contributed by atoms with E-state index in [2.05, 4.69) is 15.0 Å². The molecule has 1 heterocycles. The Kier molecular flexibility index (Phi) is 5.97. The Hall–Kier alpha value is -1.10. The summed E-state index contributed by atoms with van der Waals surface area (Å²) in [6, 6.07) is 0.204. The van der Waals surface area contributed by atoms with Gasteiger partial charge in [0.25, 0.3) is 0 Å². The van der Waals surface area contributed by atoms with Gasteiger partial charge in [-0.05, 0) is 32.7 Å². The minimum atomic E-state index is -0.353. The van der Waals surface area contributed by atoms with Gasteiger partial charge in [-0.3, -0.25) is 0 Å². The van der Waals surface area contributed by atoms with Crippen molar-refractivity contribution in [3.63, 3.8) is 0 Å². The van der Waals surface area contributed by atoms with Crippen molar-refractivity contribution in [1.82, 2.24) is 10.2 Å². The van der Waals surface area contributed by atoms with E-state index in [-0.39, 0.29) is 17.9 Å². The molecule has 5 heteroatoms. The van der Waals surface area contributed by atoms with Crippen LogP contribution in [0.4, 0.5) is 4.79 Å². The quantitative estimate of drug-likeness (QED) is 0.710. The fraction of sp³-hybridized carbons (Fsp3) is 0.833. The number of likely N-dealkylation sites (tertiary alicyclic amines) is 1. The van der Waals surface area contributed by atoms with Crippen LogP contribution in [0, 0.1) is 0 Å². The maximum Gasteiger partial charge on any atom is 0.407 e. The van der Waals surface area contributed by atoms with Gasteiger partial charge in [-0.2, -0.15) is 0 Å². The first kappa shape index (κ1) is 14.0. The van der Waals surface area contributed by atoms with Crippen molar-refractivity contribution in [2.24, 2.45) is 0 Å². The first-order valence-electron chi connectivity index (χ1n) is 6.18. The van der Waals surface area contributed by atoms with Crippen LogP contribution in [-0.2, 0) is 9.53 Å². The van der Waals surface area contributed by atoms with Crippen molar-refractivity contribution in [1.29, 1.82) is 0 Å². The van der Waals surface area contributed by atoms with Gasteiger partial charge in [0, 0.05) is 25.6 Å². The largest absolute Gasteiger partial charge is 0.453 e. The lowest BCUT2D eigenvalue weighted by atomic mass is 10.2. The van der Waals surface area contributed by atoms with Gasteiger partial charge in [0.2, 0.25) is 0 Å². The van der Waals surface area contributed by atoms with E-state index in [4.69, 9.17) is 0 Å². The molecule has 1 N–H and O–H groups in total. The van der Waals surface area contributed by atoms with E-state index in [1.54, 1.807) is 6.92 Å². The summed E-state index contributed by atoms with van der Waals surface area (Å²) in [7, 11) is 1.38. The lowest BCUT2D eigenvalue weighted by molar-refractivity contribution is -0.117. The van der Waals surface area contributed by atoms with Crippen LogP contribution >= 0.6 is 0 Å². The second-order valence-corrected chi connectivity index (χ2v) is 4.58. The standard InChI is InChI=1S/C12H22N2O3/c1-10(15)5-3-4-7-14-8-6-11(9-14)13-12(16)17-2/h11H,3-9H2,1-2H3,(H,13,16). The molecular formula is C12H22N2O3. The van der Waals surface area contributed by atoms with Gasteiger partial charge in [-0.1, -0.05) is 0 Å². The highest BCUT2D eigenvalue weighted by Gasteiger charge is 2.23. The van der Waals surface area contributed by atoms with Crippen LogP contribution in [0.15, 0.2) is 0 Å². The molecule has 98 valence electrons. The van der Waals surface area contributed by atoms with Gasteiger partial charge in [0.05, 0.1) is 7.11 Å². The Morgan fingerprint density at radius 2 is 2.18 bits per heavy atom. The Bertz CT molecular complexity index is 268. The lowest BCUT2D eigenvalue weighted by Gasteiger charge is -2.15. The van der Waals surface area contributed by atoms with Gasteiger partial charge in [0.15, 0.2) is 0 Å². The van der Waals surface area contributed by atoms with Crippen molar-refractivity contribution in [2.75, 3.05) is 26.7 Å². The number of carbonyl (C=O) groups excluding carboxylic acids is 2. The molecule has 1 saturated heterocycles. The highest BCUT2D eigenvalue weighted by molar-refractivity contribution is 5.75. The topological polar surface area (TPSA) is 58.6 Å². The smallest absolute Gasteiger partial charge is 0.407 e. The zero-order chi connectivity index (χ0) is 12.7. The Morgan fingerprint density at radius 3 is 2.82 bits per heavy atom. The molecule has 0 aromatic heterocycles. The summed E-state index contributed by atoms with van der Waals surface area (Å²) in [5.41, 5.74) is 0. The maximum atomic E-state index is 11.0. The molecule has 1 unspecified atom stereocenters. The second kappa shape index (κ2) is 7.27. The van der Waals surface area contributed by atoms with Crippen LogP contribution in [0.2, 0.25) is 0 Å². The third-order valence-corrected chi connectivity index (χ3v) is 3.03. The van der Waals surface area contributed by atoms with Crippen molar-refractivity contribution in [3.05, 3.63) is 0 Å². The van der Waals surface area contributed by atoms with Crippen molar-refractivity contribution >= 4 is 11.9 Å². The molecule has 0 bridgehead atoms. The number of ether oxygens (including phenoxy) is 1. The number of methoxy groups -OCH3 is 1. The van der Waals surface area contributed by atoms with Gasteiger partial charge in [0.1, 0.15) is 5.78 Å². The molecule has 0 aromatic carbocycles. The fourth-order valence-corrected chi connectivity index (χ4v) is 2.09. The normalized spacial score (nSPS) is 20.2. The highest BCUT2D eigenvalue weighted by Crippen LogP contribution is 2.10. The summed E-state index contributed by atoms with van der Waals surface area (Å²) in [4.78, 5) is 24.1. The minimum Gasteiger partial charge on any atom is -0.453 e. The average Bonchev–Trinajstić information content (AvgIpc) is 2.72. The summed E-state index contributed by atoms with van der Waals surface area (Å²) in [5, 5.41) is 2.81. The van der Waals surface area contributed by atoms with Crippen LogP contribution in [0.5, 0.6) is 0 Å². The molecular weight excluding hydrogens is 220 g/mol. The number of carbonyl (C=O) groups is 2. The molecule has 0 saturated carbocycles. The SMILES string of the molecule is COC(=O)NC1CCN(CCCCC(C)=O)C1. The third-order valence-electron chi connectivity index (χ3n) is 3.03. The molecule has 0 aromatic rings. The van der Waals surface area contributed by atoms with E-state index in [9.17, 15) is 9.59 Å². The Balaban J connectivity index is 2.09. The van der Waals surface area contributed by atoms with Crippen molar-refractivity contribution < 1.29 is 14.3 Å². The van der Waals surface area contributed by atoms with Crippen molar-refractivity contribution in [3.8, 4) is 0 Å². The van der Waals surface area contributed by atoms with Crippen LogP contribution in [0.25, 0.3) is 0 Å². The minimum absolute atomic E-state index is 0.204. The van der Waals surface area contributed by atoms with Gasteiger partial charge >= 0.3 is 6.09 Å². The number of alkyl carbamates (subject to hydrolysis) is 1. The van der Waals surface area contributed by atoms with Crippen LogP contribution in [-0.4, -0.2) is 49.6 Å². The van der Waals surface area contributed by atoms with E-state index < -0.39 is 0 Å². The number of amides is 1. The number of hydrogen-bond acceptors (Lipinski definition) is 4. The average molecular weight is 242 g/mol. The third kappa shape index (κ3) is 5.68. The molecule has 0 radical (unpaired) electrons. The van der Waals surface area contributed by atoms with E-state index in [0.717, 1.165) is 38.9 Å². The molecule has 17 heavy (non-hydrogen) atoms. The number of unbranched alkanes of at least 4 members (excludes halogenated alkanes) is 1. The first-order chi connectivity index (χ1) is 8.11. The number of rotatable bonds is 6. The van der Waals surface area contributed by atoms with Gasteiger partial charge in [-0.15, -0.1) is 0 Å². The second-order valence-electron chi connectivity index (χ2n) is 4.58. The molecule has 1 amide bonds. The number of hydrogen-bond donors (Lipinski definition) is 1. The summed E-state index contributed by atoms with van der Waals surface area (Å²) < 4.78 is 4.57. The van der Waals surface area contributed by atoms with Gasteiger partial charge < -0.3 is 19.7 Å². The molecule has 1 aliphatic heterocycles. The zero-order valence-corrected chi connectivity index (χ0v) is 10.7. The highest BCUT2D eigenvalue weighted by atomic mass is 16.5. The number of Topliss-reactive ketones (excluding diaryl/α,β-unsaturated/α-hetero) is 1. The van der Waals surface area contributed by atoms with Gasteiger partial charge in [-0.25, -0.2) is 4.79 Å². The first-order valence-corrected chi connectivity index (χ1v) is 6.18. The molecule has 0 spiro atoms. The van der Waals surface area contributed by atoms with Crippen LogP contribution in [0.1, 0.15) is 32.6 Å².